The number of hydrogen-bond acceptors (Lipinski definition) is 4. The molecule has 0 radical (unpaired) electrons. The van der Waals surface area contributed by atoms with Crippen LogP contribution < -0.4 is 10.6 Å². The van der Waals surface area contributed by atoms with E-state index in [1.54, 1.807) is 31.4 Å². The van der Waals surface area contributed by atoms with Gasteiger partial charge in [0, 0.05) is 36.8 Å². The van der Waals surface area contributed by atoms with E-state index in [2.05, 4.69) is 10.6 Å². The zero-order valence-corrected chi connectivity index (χ0v) is 20.5. The molecule has 33 heavy (non-hydrogen) atoms. The molecule has 0 saturated carbocycles. The summed E-state index contributed by atoms with van der Waals surface area (Å²) in [6.45, 7) is 1.51. The van der Waals surface area contributed by atoms with Crippen LogP contribution in [0.2, 0.25) is 0 Å². The minimum absolute atomic E-state index is 0.183. The maximum absolute atomic E-state index is 14.7. The van der Waals surface area contributed by atoms with Crippen LogP contribution in [-0.2, 0) is 25.7 Å². The van der Waals surface area contributed by atoms with E-state index in [4.69, 9.17) is 9.47 Å². The van der Waals surface area contributed by atoms with Crippen molar-refractivity contribution in [1.29, 1.82) is 0 Å². The Kier molecular flexibility index (Phi) is 8.51. The Morgan fingerprint density at radius 2 is 1.79 bits per heavy atom. The van der Waals surface area contributed by atoms with Crippen LogP contribution in [0, 0.1) is 11.7 Å². The first-order valence-electron chi connectivity index (χ1n) is 10.9. The highest BCUT2D eigenvalue weighted by molar-refractivity contribution is 8.32. The van der Waals surface area contributed by atoms with Gasteiger partial charge in [0.2, 0.25) is 5.91 Å². The molecule has 0 spiro atoms. The molecule has 0 bridgehead atoms. The highest BCUT2D eigenvalue weighted by atomic mass is 32.3. The summed E-state index contributed by atoms with van der Waals surface area (Å²) in [5.41, 5.74) is 1.95. The minimum atomic E-state index is -1.24. The molecule has 2 aromatic rings. The summed E-state index contributed by atoms with van der Waals surface area (Å²) in [4.78, 5) is 26.8. The third-order valence-corrected chi connectivity index (χ3v) is 7.27. The van der Waals surface area contributed by atoms with Crippen LogP contribution in [0.1, 0.15) is 30.0 Å². The lowest BCUT2D eigenvalue weighted by molar-refractivity contribution is -0.131. The number of methoxy groups -OCH3 is 1. The third kappa shape index (κ3) is 6.79. The molecule has 1 aliphatic rings. The maximum Gasteiger partial charge on any atom is 0.251 e. The first kappa shape index (κ1) is 25.2. The van der Waals surface area contributed by atoms with Crippen LogP contribution in [0.15, 0.2) is 47.4 Å². The Hall–Kier alpha value is -2.42. The molecule has 1 saturated heterocycles. The van der Waals surface area contributed by atoms with E-state index in [9.17, 15) is 14.0 Å². The standard InChI is InChI=1S/C25H33FN2O4S/c1-31-16-17-5-7-18(8-6-17)23(28-24(29)19-11-13-32-14-12-19)25(30)27-20-9-10-22(21(26)15-20)33(2,3)4/h5-10,15,19,23H,11-14,16H2,1-4H3,(H,27,30)(H,28,29)/t23-/m1/s1. The molecule has 1 heterocycles. The Morgan fingerprint density at radius 1 is 1.12 bits per heavy atom. The van der Waals surface area contributed by atoms with E-state index >= 15 is 0 Å². The number of carbonyl (C=O) groups is 2. The quantitative estimate of drug-likeness (QED) is 0.597. The van der Waals surface area contributed by atoms with Gasteiger partial charge in [0.15, 0.2) is 0 Å². The highest BCUT2D eigenvalue weighted by Crippen LogP contribution is 2.46. The van der Waals surface area contributed by atoms with Crippen molar-refractivity contribution in [3.05, 3.63) is 59.4 Å². The topological polar surface area (TPSA) is 76.7 Å². The molecule has 180 valence electrons. The van der Waals surface area contributed by atoms with Crippen LogP contribution in [0.3, 0.4) is 0 Å². The van der Waals surface area contributed by atoms with Crippen molar-refractivity contribution in [3.63, 3.8) is 0 Å². The first-order valence-corrected chi connectivity index (χ1v) is 13.8. The lowest BCUT2D eigenvalue weighted by Crippen LogP contribution is -2.41. The van der Waals surface area contributed by atoms with Crippen molar-refractivity contribution in [2.45, 2.75) is 30.4 Å². The number of hydrogen-bond donors (Lipinski definition) is 2. The van der Waals surface area contributed by atoms with Crippen molar-refractivity contribution >= 4 is 27.5 Å². The van der Waals surface area contributed by atoms with Gasteiger partial charge in [-0.2, -0.15) is 0 Å². The lowest BCUT2D eigenvalue weighted by atomic mass is 9.97. The van der Waals surface area contributed by atoms with Gasteiger partial charge in [0.25, 0.3) is 5.91 Å². The number of nitrogens with one attached hydrogen (secondary N) is 2. The van der Waals surface area contributed by atoms with Gasteiger partial charge in [0.1, 0.15) is 11.9 Å². The van der Waals surface area contributed by atoms with E-state index in [0.29, 0.717) is 48.8 Å². The molecule has 2 aromatic carbocycles. The van der Waals surface area contributed by atoms with Gasteiger partial charge in [0.05, 0.1) is 6.61 Å². The summed E-state index contributed by atoms with van der Waals surface area (Å²) in [6, 6.07) is 11.2. The first-order chi connectivity index (χ1) is 15.7. The van der Waals surface area contributed by atoms with Crippen LogP contribution in [-0.4, -0.2) is 50.9 Å². The number of carbonyl (C=O) groups excluding carboxylic acids is 2. The number of rotatable bonds is 8. The third-order valence-electron chi connectivity index (χ3n) is 5.62. The average molecular weight is 477 g/mol. The molecule has 1 fully saturated rings. The molecule has 3 rings (SSSR count). The average Bonchev–Trinajstić information content (AvgIpc) is 2.78. The van der Waals surface area contributed by atoms with Crippen LogP contribution in [0.4, 0.5) is 10.1 Å². The van der Waals surface area contributed by atoms with Crippen molar-refractivity contribution < 1.29 is 23.5 Å². The molecule has 1 aliphatic heterocycles. The van der Waals surface area contributed by atoms with E-state index in [1.807, 2.05) is 30.9 Å². The molecule has 2 amide bonds. The van der Waals surface area contributed by atoms with Crippen LogP contribution in [0.5, 0.6) is 0 Å². The van der Waals surface area contributed by atoms with Crippen LogP contribution >= 0.6 is 10.0 Å². The molecule has 6 nitrogen and oxygen atoms in total. The summed E-state index contributed by atoms with van der Waals surface area (Å²) in [5.74, 6) is -1.15. The summed E-state index contributed by atoms with van der Waals surface area (Å²) in [6.07, 6.45) is 7.28. The van der Waals surface area contributed by atoms with E-state index in [0.717, 1.165) is 5.56 Å². The molecule has 0 aliphatic carbocycles. The molecule has 0 unspecified atom stereocenters. The van der Waals surface area contributed by atoms with Gasteiger partial charge >= 0.3 is 0 Å². The molecule has 8 heteroatoms. The predicted octanol–water partition coefficient (Wildman–Crippen LogP) is 4.25. The fourth-order valence-corrected chi connectivity index (χ4v) is 4.90. The van der Waals surface area contributed by atoms with Gasteiger partial charge in [-0.3, -0.25) is 9.59 Å². The smallest absolute Gasteiger partial charge is 0.251 e. The second-order valence-corrected chi connectivity index (χ2v) is 13.1. The van der Waals surface area contributed by atoms with Gasteiger partial charge in [-0.25, -0.2) is 14.4 Å². The van der Waals surface area contributed by atoms with Crippen molar-refractivity contribution in [1.82, 2.24) is 5.32 Å². The van der Waals surface area contributed by atoms with E-state index in [-0.39, 0.29) is 17.6 Å². The number of amides is 2. The van der Waals surface area contributed by atoms with Gasteiger partial charge in [-0.1, -0.05) is 24.3 Å². The fraction of sp³-hybridized carbons (Fsp3) is 0.440. The summed E-state index contributed by atoms with van der Waals surface area (Å²) >= 11 is 0. The second kappa shape index (κ2) is 11.1. The molecule has 2 N–H and O–H groups in total. The zero-order chi connectivity index (χ0) is 24.0. The van der Waals surface area contributed by atoms with Crippen molar-refractivity contribution in [2.24, 2.45) is 5.92 Å². The van der Waals surface area contributed by atoms with Crippen molar-refractivity contribution in [2.75, 3.05) is 44.4 Å². The summed E-state index contributed by atoms with van der Waals surface area (Å²) < 4.78 is 25.2. The monoisotopic (exact) mass is 476 g/mol. The number of halogens is 1. The normalized spacial score (nSPS) is 16.2. The van der Waals surface area contributed by atoms with E-state index < -0.39 is 22.0 Å². The fourth-order valence-electron chi connectivity index (χ4n) is 3.78. The minimum Gasteiger partial charge on any atom is -0.381 e. The maximum atomic E-state index is 14.7. The Labute approximate surface area is 196 Å². The lowest BCUT2D eigenvalue weighted by Gasteiger charge is -2.27. The van der Waals surface area contributed by atoms with E-state index in [1.165, 1.54) is 6.07 Å². The zero-order valence-electron chi connectivity index (χ0n) is 19.7. The molecule has 0 aromatic heterocycles. The summed E-state index contributed by atoms with van der Waals surface area (Å²) in [7, 11) is 0.374. The largest absolute Gasteiger partial charge is 0.381 e. The second-order valence-electron chi connectivity index (χ2n) is 8.97. The van der Waals surface area contributed by atoms with Gasteiger partial charge in [-0.05, 0) is 60.9 Å². The highest BCUT2D eigenvalue weighted by Gasteiger charge is 2.28. The number of anilines is 1. The Balaban J connectivity index is 1.82. The number of benzene rings is 2. The van der Waals surface area contributed by atoms with Crippen molar-refractivity contribution in [3.8, 4) is 0 Å². The molecule has 1 atom stereocenters. The Morgan fingerprint density at radius 3 is 2.36 bits per heavy atom. The predicted molar refractivity (Wildman–Crippen MR) is 130 cm³/mol. The van der Waals surface area contributed by atoms with Crippen LogP contribution in [0.25, 0.3) is 0 Å². The Bertz CT molecular complexity index is 969. The van der Waals surface area contributed by atoms with Gasteiger partial charge < -0.3 is 20.1 Å². The molecular weight excluding hydrogens is 443 g/mol. The number of ether oxygens (including phenoxy) is 2. The summed E-state index contributed by atoms with van der Waals surface area (Å²) in [5, 5.41) is 5.67. The van der Waals surface area contributed by atoms with Gasteiger partial charge in [-0.15, -0.1) is 0 Å². The SMILES string of the molecule is COCc1ccc([C@@H](NC(=O)C2CCOCC2)C(=O)Nc2ccc(S(C)(C)C)c(F)c2)cc1. The molecular formula is C25H33FN2O4S.